The SMILES string of the molecule is CCCCN(CC)C(=O)c1ccccc1NC(=O)c1cccs1. The molecule has 2 aromatic rings. The number of nitrogens with one attached hydrogen (secondary N) is 1. The number of carbonyl (C=O) groups is 2. The van der Waals surface area contributed by atoms with Crippen molar-refractivity contribution in [3.63, 3.8) is 0 Å². The lowest BCUT2D eigenvalue weighted by Crippen LogP contribution is -2.32. The maximum Gasteiger partial charge on any atom is 0.265 e. The molecule has 0 fully saturated rings. The number of hydrogen-bond donors (Lipinski definition) is 1. The van der Waals surface area contributed by atoms with Gasteiger partial charge in [0.25, 0.3) is 11.8 Å². The van der Waals surface area contributed by atoms with E-state index >= 15 is 0 Å². The Hall–Kier alpha value is -2.14. The second kappa shape index (κ2) is 8.48. The second-order valence-electron chi connectivity index (χ2n) is 5.22. The Kier molecular flexibility index (Phi) is 6.35. The fourth-order valence-corrected chi connectivity index (χ4v) is 2.91. The van der Waals surface area contributed by atoms with Crippen LogP contribution in [0.4, 0.5) is 5.69 Å². The molecule has 0 aliphatic carbocycles. The normalized spacial score (nSPS) is 10.3. The van der Waals surface area contributed by atoms with E-state index in [1.54, 1.807) is 18.2 Å². The molecule has 122 valence electrons. The Labute approximate surface area is 141 Å². The minimum Gasteiger partial charge on any atom is -0.339 e. The van der Waals surface area contributed by atoms with Crippen molar-refractivity contribution in [3.05, 3.63) is 52.2 Å². The predicted molar refractivity (Wildman–Crippen MR) is 95.2 cm³/mol. The summed E-state index contributed by atoms with van der Waals surface area (Å²) in [7, 11) is 0. The van der Waals surface area contributed by atoms with Crippen LogP contribution in [0.15, 0.2) is 41.8 Å². The molecular formula is C18H22N2O2S. The molecule has 5 heteroatoms. The van der Waals surface area contributed by atoms with Crippen LogP contribution in [0.3, 0.4) is 0 Å². The molecule has 0 saturated heterocycles. The van der Waals surface area contributed by atoms with Crippen LogP contribution in [0, 0.1) is 0 Å². The van der Waals surface area contributed by atoms with Crippen molar-refractivity contribution in [2.45, 2.75) is 26.7 Å². The number of thiophene rings is 1. The summed E-state index contributed by atoms with van der Waals surface area (Å²) < 4.78 is 0. The van der Waals surface area contributed by atoms with Crippen molar-refractivity contribution in [1.29, 1.82) is 0 Å². The van der Waals surface area contributed by atoms with E-state index in [1.165, 1.54) is 11.3 Å². The molecule has 23 heavy (non-hydrogen) atoms. The van der Waals surface area contributed by atoms with E-state index < -0.39 is 0 Å². The van der Waals surface area contributed by atoms with Crippen LogP contribution in [0.2, 0.25) is 0 Å². The van der Waals surface area contributed by atoms with Crippen LogP contribution >= 0.6 is 11.3 Å². The largest absolute Gasteiger partial charge is 0.339 e. The third-order valence-corrected chi connectivity index (χ3v) is 4.47. The molecule has 4 nitrogen and oxygen atoms in total. The maximum atomic E-state index is 12.7. The van der Waals surface area contributed by atoms with Gasteiger partial charge in [-0.05, 0) is 36.9 Å². The highest BCUT2D eigenvalue weighted by Gasteiger charge is 2.18. The first-order chi connectivity index (χ1) is 11.2. The Morgan fingerprint density at radius 1 is 1.13 bits per heavy atom. The third-order valence-electron chi connectivity index (χ3n) is 3.60. The summed E-state index contributed by atoms with van der Waals surface area (Å²) in [5.74, 6) is -0.222. The van der Waals surface area contributed by atoms with E-state index in [0.29, 0.717) is 22.7 Å². The van der Waals surface area contributed by atoms with Gasteiger partial charge in [-0.25, -0.2) is 0 Å². The van der Waals surface area contributed by atoms with Crippen molar-refractivity contribution in [2.75, 3.05) is 18.4 Å². The van der Waals surface area contributed by atoms with E-state index in [4.69, 9.17) is 0 Å². The highest BCUT2D eigenvalue weighted by Crippen LogP contribution is 2.20. The monoisotopic (exact) mass is 330 g/mol. The van der Waals surface area contributed by atoms with Gasteiger partial charge in [-0.2, -0.15) is 0 Å². The van der Waals surface area contributed by atoms with Crippen molar-refractivity contribution in [2.24, 2.45) is 0 Å². The van der Waals surface area contributed by atoms with Gasteiger partial charge in [0.2, 0.25) is 0 Å². The number of rotatable bonds is 7. The Morgan fingerprint density at radius 3 is 2.57 bits per heavy atom. The Bertz CT molecular complexity index is 653. The molecular weight excluding hydrogens is 308 g/mol. The quantitative estimate of drug-likeness (QED) is 0.824. The molecule has 1 N–H and O–H groups in total. The molecule has 0 saturated carbocycles. The van der Waals surface area contributed by atoms with Crippen LogP contribution in [-0.4, -0.2) is 29.8 Å². The number of anilines is 1. The summed E-state index contributed by atoms with van der Waals surface area (Å²) in [5.41, 5.74) is 1.10. The van der Waals surface area contributed by atoms with Gasteiger partial charge in [0.15, 0.2) is 0 Å². The zero-order valence-corrected chi connectivity index (χ0v) is 14.4. The minimum absolute atomic E-state index is 0.0389. The number of amides is 2. The molecule has 1 heterocycles. The number of nitrogens with zero attached hydrogens (tertiary/aromatic N) is 1. The van der Waals surface area contributed by atoms with E-state index in [1.807, 2.05) is 35.4 Å². The molecule has 0 unspecified atom stereocenters. The molecule has 0 aliphatic rings. The fourth-order valence-electron chi connectivity index (χ4n) is 2.29. The highest BCUT2D eigenvalue weighted by atomic mass is 32.1. The molecule has 0 radical (unpaired) electrons. The van der Waals surface area contributed by atoms with Gasteiger partial charge in [0.1, 0.15) is 0 Å². The first-order valence-corrected chi connectivity index (χ1v) is 8.78. The molecule has 1 aromatic heterocycles. The summed E-state index contributed by atoms with van der Waals surface area (Å²) in [4.78, 5) is 27.4. The summed E-state index contributed by atoms with van der Waals surface area (Å²) in [6.07, 6.45) is 2.02. The van der Waals surface area contributed by atoms with Gasteiger partial charge in [-0.3, -0.25) is 9.59 Å². The van der Waals surface area contributed by atoms with Gasteiger partial charge in [0, 0.05) is 13.1 Å². The number of carbonyl (C=O) groups excluding carboxylic acids is 2. The summed E-state index contributed by atoms with van der Waals surface area (Å²) in [5, 5.41) is 4.71. The lowest BCUT2D eigenvalue weighted by Gasteiger charge is -2.22. The van der Waals surface area contributed by atoms with Gasteiger partial charge < -0.3 is 10.2 Å². The van der Waals surface area contributed by atoms with E-state index in [2.05, 4.69) is 12.2 Å². The number of para-hydroxylation sites is 1. The lowest BCUT2D eigenvalue weighted by atomic mass is 10.1. The molecule has 0 spiro atoms. The molecule has 0 bridgehead atoms. The van der Waals surface area contributed by atoms with Crippen LogP contribution in [0.1, 0.15) is 46.7 Å². The van der Waals surface area contributed by atoms with Crippen LogP contribution in [0.5, 0.6) is 0 Å². The highest BCUT2D eigenvalue weighted by molar-refractivity contribution is 7.12. The van der Waals surface area contributed by atoms with Crippen LogP contribution in [-0.2, 0) is 0 Å². The van der Waals surface area contributed by atoms with Crippen LogP contribution in [0.25, 0.3) is 0 Å². The smallest absolute Gasteiger partial charge is 0.265 e. The van der Waals surface area contributed by atoms with E-state index in [0.717, 1.165) is 19.4 Å². The summed E-state index contributed by atoms with van der Waals surface area (Å²) in [6.45, 7) is 5.47. The standard InChI is InChI=1S/C18H22N2O2S/c1-3-5-12-20(4-2)18(22)14-9-6-7-10-15(14)19-17(21)16-11-8-13-23-16/h6-11,13H,3-5,12H2,1-2H3,(H,19,21). The van der Waals surface area contributed by atoms with Crippen LogP contribution < -0.4 is 5.32 Å². The molecule has 2 amide bonds. The second-order valence-corrected chi connectivity index (χ2v) is 6.16. The topological polar surface area (TPSA) is 49.4 Å². The van der Waals surface area contributed by atoms with Gasteiger partial charge in [-0.1, -0.05) is 31.5 Å². The summed E-state index contributed by atoms with van der Waals surface area (Å²) >= 11 is 1.38. The minimum atomic E-state index is -0.183. The number of benzene rings is 1. The van der Waals surface area contributed by atoms with Crippen molar-refractivity contribution in [1.82, 2.24) is 4.90 Å². The molecule has 0 aliphatic heterocycles. The number of unbranched alkanes of at least 4 members (excludes halogenated alkanes) is 1. The Morgan fingerprint density at radius 2 is 1.91 bits per heavy atom. The van der Waals surface area contributed by atoms with Crippen molar-refractivity contribution in [3.8, 4) is 0 Å². The maximum absolute atomic E-state index is 12.7. The van der Waals surface area contributed by atoms with E-state index in [9.17, 15) is 9.59 Å². The summed E-state index contributed by atoms with van der Waals surface area (Å²) in [6, 6.07) is 10.8. The average Bonchev–Trinajstić information content (AvgIpc) is 3.10. The Balaban J connectivity index is 2.19. The van der Waals surface area contributed by atoms with E-state index in [-0.39, 0.29) is 11.8 Å². The predicted octanol–water partition coefficient (Wildman–Crippen LogP) is 4.26. The third kappa shape index (κ3) is 4.42. The fraction of sp³-hybridized carbons (Fsp3) is 0.333. The first-order valence-electron chi connectivity index (χ1n) is 7.90. The van der Waals surface area contributed by atoms with Gasteiger partial charge in [0.05, 0.1) is 16.1 Å². The zero-order valence-electron chi connectivity index (χ0n) is 13.5. The van der Waals surface area contributed by atoms with Gasteiger partial charge in [-0.15, -0.1) is 11.3 Å². The van der Waals surface area contributed by atoms with Gasteiger partial charge >= 0.3 is 0 Å². The number of hydrogen-bond acceptors (Lipinski definition) is 3. The molecule has 2 rings (SSSR count). The first kappa shape index (κ1) is 17.2. The van der Waals surface area contributed by atoms with Crippen molar-refractivity contribution < 1.29 is 9.59 Å². The van der Waals surface area contributed by atoms with Crippen molar-refractivity contribution >= 4 is 28.8 Å². The average molecular weight is 330 g/mol. The molecule has 0 atom stereocenters. The lowest BCUT2D eigenvalue weighted by molar-refractivity contribution is 0.0763. The molecule has 1 aromatic carbocycles. The zero-order chi connectivity index (χ0) is 16.7.